The maximum absolute atomic E-state index is 11.4. The number of hydrogen-bond acceptors (Lipinski definition) is 3. The molecule has 0 aliphatic heterocycles. The number of esters is 1. The molecule has 1 aromatic carbocycles. The fraction of sp³-hybridized carbons (Fsp3) is 0.462. The van der Waals surface area contributed by atoms with Gasteiger partial charge in [-0.3, -0.25) is 10.1 Å². The smallest absolute Gasteiger partial charge is 0.322 e. The van der Waals surface area contributed by atoms with Gasteiger partial charge < -0.3 is 4.74 Å². The number of benzene rings is 1. The van der Waals surface area contributed by atoms with Gasteiger partial charge in [-0.25, -0.2) is 0 Å². The van der Waals surface area contributed by atoms with Crippen LogP contribution in [0, 0.1) is 0 Å². The Morgan fingerprint density at radius 1 is 1.53 bits per heavy atom. The van der Waals surface area contributed by atoms with Gasteiger partial charge in [0.05, 0.1) is 7.11 Å². The number of ether oxygens (including phenoxy) is 1. The summed E-state index contributed by atoms with van der Waals surface area (Å²) in [5.74, 6) is -0.259. The minimum Gasteiger partial charge on any atom is -0.468 e. The summed E-state index contributed by atoms with van der Waals surface area (Å²) < 4.78 is 4.69. The molecule has 1 unspecified atom stereocenters. The molecule has 0 radical (unpaired) electrons. The second-order valence-electron chi connectivity index (χ2n) is 3.93. The highest BCUT2D eigenvalue weighted by Gasteiger charge is 2.18. The van der Waals surface area contributed by atoms with E-state index in [1.54, 1.807) is 6.92 Å². The molecule has 3 nitrogen and oxygen atoms in total. The summed E-state index contributed by atoms with van der Waals surface area (Å²) in [6, 6.07) is 7.42. The SMILES string of the molecule is CCC(N[C@@H](C)C(=O)OC)c1cccc(Cl)c1. The molecule has 1 rings (SSSR count). The van der Waals surface area contributed by atoms with Crippen molar-refractivity contribution in [1.82, 2.24) is 5.32 Å². The third kappa shape index (κ3) is 4.02. The molecule has 2 atom stereocenters. The predicted molar refractivity (Wildman–Crippen MR) is 69.1 cm³/mol. The number of methoxy groups -OCH3 is 1. The first-order chi connectivity index (χ1) is 8.08. The standard InChI is InChI=1S/C13H18ClNO2/c1-4-12(15-9(2)13(16)17-3)10-6-5-7-11(14)8-10/h5-9,12,15H,4H2,1-3H3/t9-,12?/m0/s1. The van der Waals surface area contributed by atoms with Crippen LogP contribution in [-0.4, -0.2) is 19.1 Å². The van der Waals surface area contributed by atoms with E-state index in [1.807, 2.05) is 24.3 Å². The number of carbonyl (C=O) groups is 1. The van der Waals surface area contributed by atoms with Crippen LogP contribution in [0.2, 0.25) is 5.02 Å². The van der Waals surface area contributed by atoms with Crippen molar-refractivity contribution in [2.45, 2.75) is 32.4 Å². The Morgan fingerprint density at radius 2 is 2.24 bits per heavy atom. The van der Waals surface area contributed by atoms with Crippen molar-refractivity contribution in [3.63, 3.8) is 0 Å². The van der Waals surface area contributed by atoms with E-state index in [9.17, 15) is 4.79 Å². The van der Waals surface area contributed by atoms with E-state index >= 15 is 0 Å². The van der Waals surface area contributed by atoms with Gasteiger partial charge in [0.2, 0.25) is 0 Å². The molecule has 0 spiro atoms. The zero-order valence-corrected chi connectivity index (χ0v) is 11.1. The molecule has 0 fully saturated rings. The Kier molecular flexibility index (Phi) is 5.45. The van der Waals surface area contributed by atoms with Gasteiger partial charge in [-0.05, 0) is 31.0 Å². The maximum atomic E-state index is 11.4. The molecule has 1 N–H and O–H groups in total. The largest absolute Gasteiger partial charge is 0.468 e. The molecule has 94 valence electrons. The summed E-state index contributed by atoms with van der Waals surface area (Å²) in [5, 5.41) is 3.93. The average molecular weight is 256 g/mol. The number of carbonyl (C=O) groups excluding carboxylic acids is 1. The van der Waals surface area contributed by atoms with Crippen LogP contribution in [0.25, 0.3) is 0 Å². The van der Waals surface area contributed by atoms with Gasteiger partial charge >= 0.3 is 5.97 Å². The molecule has 1 aromatic rings. The van der Waals surface area contributed by atoms with Crippen LogP contribution in [0.5, 0.6) is 0 Å². The molecular weight excluding hydrogens is 238 g/mol. The van der Waals surface area contributed by atoms with Crippen LogP contribution < -0.4 is 5.32 Å². The van der Waals surface area contributed by atoms with E-state index in [4.69, 9.17) is 11.6 Å². The van der Waals surface area contributed by atoms with Crippen molar-refractivity contribution in [2.24, 2.45) is 0 Å². The molecule has 0 heterocycles. The van der Waals surface area contributed by atoms with Gasteiger partial charge in [0.15, 0.2) is 0 Å². The number of halogens is 1. The highest BCUT2D eigenvalue weighted by Crippen LogP contribution is 2.20. The predicted octanol–water partition coefficient (Wildman–Crippen LogP) is 2.94. The summed E-state index contributed by atoms with van der Waals surface area (Å²) in [7, 11) is 1.39. The summed E-state index contributed by atoms with van der Waals surface area (Å²) in [6.07, 6.45) is 0.877. The Hall–Kier alpha value is -1.06. The van der Waals surface area contributed by atoms with E-state index in [-0.39, 0.29) is 18.1 Å². The second kappa shape index (κ2) is 6.62. The van der Waals surface area contributed by atoms with Crippen molar-refractivity contribution in [3.8, 4) is 0 Å². The summed E-state index contributed by atoms with van der Waals surface area (Å²) in [5.41, 5.74) is 1.08. The summed E-state index contributed by atoms with van der Waals surface area (Å²) in [4.78, 5) is 11.4. The monoisotopic (exact) mass is 255 g/mol. The molecule has 0 aliphatic carbocycles. The van der Waals surface area contributed by atoms with E-state index in [2.05, 4.69) is 17.0 Å². The Balaban J connectivity index is 2.75. The zero-order valence-electron chi connectivity index (χ0n) is 10.4. The first-order valence-electron chi connectivity index (χ1n) is 5.67. The van der Waals surface area contributed by atoms with E-state index in [0.717, 1.165) is 12.0 Å². The van der Waals surface area contributed by atoms with Gasteiger partial charge in [-0.1, -0.05) is 30.7 Å². The molecule has 4 heteroatoms. The number of nitrogens with one attached hydrogen (secondary N) is 1. The number of hydrogen-bond donors (Lipinski definition) is 1. The van der Waals surface area contributed by atoms with Crippen LogP contribution in [0.1, 0.15) is 31.9 Å². The van der Waals surface area contributed by atoms with Gasteiger partial charge in [-0.15, -0.1) is 0 Å². The first kappa shape index (κ1) is 14.0. The molecule has 0 aromatic heterocycles. The third-order valence-electron chi connectivity index (χ3n) is 2.67. The summed E-state index contributed by atoms with van der Waals surface area (Å²) in [6.45, 7) is 3.85. The van der Waals surface area contributed by atoms with Crippen molar-refractivity contribution in [1.29, 1.82) is 0 Å². The van der Waals surface area contributed by atoms with E-state index in [0.29, 0.717) is 5.02 Å². The first-order valence-corrected chi connectivity index (χ1v) is 6.05. The third-order valence-corrected chi connectivity index (χ3v) is 2.90. The topological polar surface area (TPSA) is 38.3 Å². The minimum atomic E-state index is -0.330. The Labute approximate surface area is 107 Å². The zero-order chi connectivity index (χ0) is 12.8. The molecule has 17 heavy (non-hydrogen) atoms. The van der Waals surface area contributed by atoms with Crippen LogP contribution >= 0.6 is 11.6 Å². The molecular formula is C13H18ClNO2. The Bertz CT molecular complexity index is 381. The van der Waals surface area contributed by atoms with Crippen LogP contribution in [0.15, 0.2) is 24.3 Å². The maximum Gasteiger partial charge on any atom is 0.322 e. The lowest BCUT2D eigenvalue weighted by Crippen LogP contribution is -2.37. The molecule has 0 bridgehead atoms. The molecule has 0 amide bonds. The lowest BCUT2D eigenvalue weighted by molar-refractivity contribution is -0.142. The van der Waals surface area contributed by atoms with E-state index in [1.165, 1.54) is 7.11 Å². The number of rotatable bonds is 5. The van der Waals surface area contributed by atoms with E-state index < -0.39 is 0 Å². The van der Waals surface area contributed by atoms with Crippen molar-refractivity contribution >= 4 is 17.6 Å². The fourth-order valence-corrected chi connectivity index (χ4v) is 1.92. The van der Waals surface area contributed by atoms with Crippen molar-refractivity contribution in [3.05, 3.63) is 34.9 Å². The molecule has 0 saturated carbocycles. The van der Waals surface area contributed by atoms with Gasteiger partial charge in [0.25, 0.3) is 0 Å². The van der Waals surface area contributed by atoms with Gasteiger partial charge in [0.1, 0.15) is 6.04 Å². The van der Waals surface area contributed by atoms with Gasteiger partial charge in [0, 0.05) is 11.1 Å². The van der Waals surface area contributed by atoms with Crippen LogP contribution in [-0.2, 0) is 9.53 Å². The summed E-state index contributed by atoms with van der Waals surface area (Å²) >= 11 is 5.95. The van der Waals surface area contributed by atoms with Gasteiger partial charge in [-0.2, -0.15) is 0 Å². The highest BCUT2D eigenvalue weighted by molar-refractivity contribution is 6.30. The highest BCUT2D eigenvalue weighted by atomic mass is 35.5. The molecule has 0 aliphatic rings. The Morgan fingerprint density at radius 3 is 2.76 bits per heavy atom. The lowest BCUT2D eigenvalue weighted by atomic mass is 10.0. The minimum absolute atomic E-state index is 0.0998. The van der Waals surface area contributed by atoms with Crippen LogP contribution in [0.4, 0.5) is 0 Å². The lowest BCUT2D eigenvalue weighted by Gasteiger charge is -2.21. The second-order valence-corrected chi connectivity index (χ2v) is 4.36. The van der Waals surface area contributed by atoms with Crippen molar-refractivity contribution < 1.29 is 9.53 Å². The van der Waals surface area contributed by atoms with Crippen LogP contribution in [0.3, 0.4) is 0 Å². The quantitative estimate of drug-likeness (QED) is 0.822. The van der Waals surface area contributed by atoms with Crippen molar-refractivity contribution in [2.75, 3.05) is 7.11 Å². The average Bonchev–Trinajstić information content (AvgIpc) is 2.34. The normalized spacial score (nSPS) is 14.1. The fourth-order valence-electron chi connectivity index (χ4n) is 1.72. The molecule has 0 saturated heterocycles.